The summed E-state index contributed by atoms with van der Waals surface area (Å²) in [6.07, 6.45) is -7.87. The zero-order chi connectivity index (χ0) is 54.2. The molecule has 2 aromatic carbocycles. The number of thiophene rings is 1. The summed E-state index contributed by atoms with van der Waals surface area (Å²) in [5, 5.41) is 66.6. The van der Waals surface area contributed by atoms with E-state index in [4.69, 9.17) is 44.8 Å². The lowest BCUT2D eigenvalue weighted by Gasteiger charge is -2.48. The van der Waals surface area contributed by atoms with Gasteiger partial charge in [-0.2, -0.15) is 0 Å². The van der Waals surface area contributed by atoms with Crippen LogP contribution >= 0.6 is 45.5 Å². The molecular weight excluding hydrogens is 1110 g/mol. The largest absolute Gasteiger partial charge is 0.456 e. The van der Waals surface area contributed by atoms with E-state index in [-0.39, 0.29) is 43.4 Å². The van der Waals surface area contributed by atoms with Crippen LogP contribution in [0.4, 0.5) is 0 Å². The summed E-state index contributed by atoms with van der Waals surface area (Å²) >= 11 is 9.64. The molecule has 17 nitrogen and oxygen atoms in total. The first-order valence-corrected chi connectivity index (χ1v) is 28.1. The standard InChI is InChI=1S/C54H77ClIN3O14S/c1-27-24-52(7,65)47(72-50-42(60)37(57-10)21-28(2)68-50)29(3)43(71-41-25-53(8,67-11)46(62)32(6)69-41)30(4)49(64)73-51(56)54(9,66)45(61)31(5)59(26-27)20-14-19-58-48(63)40-23-35-34-15-12-13-16-38(34)70-39-18-17-33(55)22-36(39)44(35)74-40/h12-13,15-18,22-23,27-32,37,41-43,45-47,50-51,57,60-62,65-66H,14,19-21,24-26H2,1-11H3,(H,58,63)/t27-,28-,29+,30-,31-,32+,37+,41+,42-,43+,45-,46+,47-,50+,51+,52-,53-,54+/m1/s1. The average Bonchev–Trinajstić information content (AvgIpc) is 3.75. The highest BCUT2D eigenvalue weighted by molar-refractivity contribution is 14.1. The van der Waals surface area contributed by atoms with Crippen molar-refractivity contribution in [1.29, 1.82) is 0 Å². The van der Waals surface area contributed by atoms with Gasteiger partial charge in [-0.05, 0) is 134 Å². The number of carbonyl (C=O) groups excluding carboxylic acids is 2. The Bertz CT molecular complexity index is 2410. The van der Waals surface area contributed by atoms with Crippen LogP contribution < -0.4 is 15.4 Å². The fourth-order valence-corrected chi connectivity index (χ4v) is 13.1. The van der Waals surface area contributed by atoms with Gasteiger partial charge in [0.2, 0.25) is 0 Å². The molecule has 3 fully saturated rings. The van der Waals surface area contributed by atoms with Gasteiger partial charge in [-0.15, -0.1) is 11.3 Å². The number of carbonyl (C=O) groups is 2. The van der Waals surface area contributed by atoms with Crippen LogP contribution in [0.5, 0.6) is 11.5 Å². The molecule has 0 unspecified atom stereocenters. The number of likely N-dealkylation sites (N-methyl/N-ethyl adjacent to an activating group) is 1. The molecule has 0 bridgehead atoms. The lowest BCUT2D eigenvalue weighted by atomic mass is 9.77. The topological polar surface area (TPSA) is 227 Å². The number of aliphatic hydroxyl groups is 5. The number of methoxy groups -OCH3 is 1. The van der Waals surface area contributed by atoms with Crippen molar-refractivity contribution in [2.24, 2.45) is 17.8 Å². The van der Waals surface area contributed by atoms with Crippen molar-refractivity contribution in [3.05, 3.63) is 58.4 Å². The van der Waals surface area contributed by atoms with Crippen LogP contribution in [0.25, 0.3) is 21.6 Å². The quantitative estimate of drug-likeness (QED) is 0.0351. The van der Waals surface area contributed by atoms with E-state index in [1.165, 1.54) is 25.4 Å². The molecule has 18 atom stereocenters. The van der Waals surface area contributed by atoms with Gasteiger partial charge in [0.1, 0.15) is 35.4 Å². The minimum absolute atomic E-state index is 0.0868. The predicted molar refractivity (Wildman–Crippen MR) is 289 cm³/mol. The van der Waals surface area contributed by atoms with E-state index in [1.54, 1.807) is 54.7 Å². The Kier molecular flexibility index (Phi) is 19.3. The van der Waals surface area contributed by atoms with Crippen LogP contribution in [0, 0.1) is 17.8 Å². The van der Waals surface area contributed by atoms with Gasteiger partial charge in [-0.25, -0.2) is 0 Å². The smallest absolute Gasteiger partial charge is 0.312 e. The van der Waals surface area contributed by atoms with Crippen LogP contribution in [0.2, 0.25) is 5.02 Å². The monoisotopic (exact) mass is 1190 g/mol. The van der Waals surface area contributed by atoms with Gasteiger partial charge in [0.25, 0.3) is 5.91 Å². The number of halogens is 2. The summed E-state index contributed by atoms with van der Waals surface area (Å²) in [6.45, 7) is 16.5. The highest BCUT2D eigenvalue weighted by Crippen LogP contribution is 2.51. The lowest BCUT2D eigenvalue weighted by molar-refractivity contribution is -0.315. The number of hydrogen-bond donors (Lipinski definition) is 7. The number of amides is 1. The van der Waals surface area contributed by atoms with Crippen LogP contribution in [0.1, 0.15) is 97.7 Å². The minimum Gasteiger partial charge on any atom is -0.456 e. The first kappa shape index (κ1) is 59.1. The number of nitrogens with one attached hydrogen (secondary N) is 2. The van der Waals surface area contributed by atoms with E-state index in [0.29, 0.717) is 47.3 Å². The Labute approximate surface area is 458 Å². The molecule has 3 aromatic rings. The summed E-state index contributed by atoms with van der Waals surface area (Å²) in [5.74, 6) is -1.94. The molecule has 20 heteroatoms. The fraction of sp³-hybridized carbons (Fsp3) is 0.667. The SMILES string of the molecule is CN[C@H]1C[C@@H](C)O[C@@H](O[C@@H]2[C@@H](C)[C@H](O[C@H]3C[C@@](C)(OC)[C@@H](O)[C@H](C)O3)[C@@H](C)C(=O)O[C@H](I)[C@@](C)(O)[C@H](O)[C@@H](C)N(CCCNC(=O)c3cc4c(s3)-c3cc(Cl)ccc3Oc3ccccc3-4)C[C@H](C)C[C@@]2(C)O)[C@@H]1O. The van der Waals surface area contributed by atoms with Crippen molar-refractivity contribution in [3.8, 4) is 33.1 Å². The zero-order valence-corrected chi connectivity index (χ0v) is 48.0. The second-order valence-corrected chi connectivity index (χ2v) is 24.3. The van der Waals surface area contributed by atoms with Gasteiger partial charge in [0, 0.05) is 77.8 Å². The van der Waals surface area contributed by atoms with Crippen molar-refractivity contribution < 1.29 is 68.3 Å². The maximum absolute atomic E-state index is 14.5. The number of fused-ring (bicyclic) bond motifs is 5. The van der Waals surface area contributed by atoms with Gasteiger partial charge >= 0.3 is 5.97 Å². The van der Waals surface area contributed by atoms with Gasteiger partial charge in [-0.1, -0.05) is 43.6 Å². The first-order valence-electron chi connectivity index (χ1n) is 25.7. The Hall–Kier alpha value is -2.58. The number of rotatable bonds is 11. The fourth-order valence-electron chi connectivity index (χ4n) is 11.2. The van der Waals surface area contributed by atoms with Crippen molar-refractivity contribution in [2.75, 3.05) is 33.8 Å². The number of cyclic esters (lactones) is 1. The van der Waals surface area contributed by atoms with Crippen LogP contribution in [0.15, 0.2) is 48.5 Å². The number of ether oxygens (including phenoxy) is 7. The third-order valence-electron chi connectivity index (χ3n) is 15.6. The Balaban J connectivity index is 1.16. The highest BCUT2D eigenvalue weighted by atomic mass is 127. The third-order valence-corrected chi connectivity index (χ3v) is 18.5. The summed E-state index contributed by atoms with van der Waals surface area (Å²) in [5.41, 5.74) is -2.22. The molecule has 7 N–H and O–H groups in total. The molecule has 5 heterocycles. The van der Waals surface area contributed by atoms with E-state index in [0.717, 1.165) is 21.6 Å². The summed E-state index contributed by atoms with van der Waals surface area (Å²) in [7, 11) is 3.24. The van der Waals surface area contributed by atoms with E-state index in [9.17, 15) is 35.1 Å². The number of nitrogens with zero attached hydrogens (tertiary/aromatic N) is 1. The molecule has 1 aromatic heterocycles. The molecular formula is C54H77ClIN3O14S. The van der Waals surface area contributed by atoms with Gasteiger partial charge in [0.05, 0.1) is 46.4 Å². The van der Waals surface area contributed by atoms with Crippen LogP contribution in [0.3, 0.4) is 0 Å². The molecule has 0 aliphatic carbocycles. The molecule has 1 amide bonds. The Morgan fingerprint density at radius 1 is 0.932 bits per heavy atom. The normalized spacial score (nSPS) is 38.5. The predicted octanol–water partition coefficient (Wildman–Crippen LogP) is 6.89. The molecule has 4 aliphatic rings. The molecule has 3 saturated heterocycles. The van der Waals surface area contributed by atoms with Crippen molar-refractivity contribution in [1.82, 2.24) is 15.5 Å². The Morgan fingerprint density at radius 2 is 1.64 bits per heavy atom. The van der Waals surface area contributed by atoms with E-state index in [2.05, 4.69) is 10.6 Å². The molecule has 412 valence electrons. The molecule has 74 heavy (non-hydrogen) atoms. The van der Waals surface area contributed by atoms with Crippen molar-refractivity contribution in [2.45, 2.75) is 176 Å². The van der Waals surface area contributed by atoms with Crippen molar-refractivity contribution in [3.63, 3.8) is 0 Å². The minimum atomic E-state index is -1.97. The second-order valence-electron chi connectivity index (χ2n) is 21.7. The number of para-hydroxylation sites is 1. The van der Waals surface area contributed by atoms with Gasteiger partial charge < -0.3 is 69.3 Å². The Morgan fingerprint density at radius 3 is 2.34 bits per heavy atom. The van der Waals surface area contributed by atoms with E-state index in [1.807, 2.05) is 83.8 Å². The lowest BCUT2D eigenvalue weighted by Crippen LogP contribution is -2.60. The maximum atomic E-state index is 14.5. The van der Waals surface area contributed by atoms with Crippen LogP contribution in [-0.2, 0) is 33.2 Å². The summed E-state index contributed by atoms with van der Waals surface area (Å²) < 4.78 is 42.9. The first-order chi connectivity index (χ1) is 34.8. The van der Waals surface area contributed by atoms with E-state index < -0.39 is 94.0 Å². The number of benzene rings is 2. The molecule has 0 spiro atoms. The number of aliphatic hydroxyl groups excluding tert-OH is 3. The molecule has 0 saturated carbocycles. The third kappa shape index (κ3) is 12.8. The average molecular weight is 1190 g/mol. The number of alkyl halides is 1. The maximum Gasteiger partial charge on any atom is 0.312 e. The van der Waals surface area contributed by atoms with Crippen molar-refractivity contribution >= 4 is 57.4 Å². The molecule has 4 aliphatic heterocycles. The number of hydrogen-bond acceptors (Lipinski definition) is 17. The highest BCUT2D eigenvalue weighted by Gasteiger charge is 2.53. The van der Waals surface area contributed by atoms with Crippen LogP contribution in [-0.4, -0.2) is 164 Å². The second kappa shape index (κ2) is 24.2. The zero-order valence-electron chi connectivity index (χ0n) is 44.3. The van der Waals surface area contributed by atoms with Gasteiger partial charge in [0.15, 0.2) is 16.7 Å². The van der Waals surface area contributed by atoms with E-state index >= 15 is 0 Å². The summed E-state index contributed by atoms with van der Waals surface area (Å²) in [6, 6.07) is 13.9. The van der Waals surface area contributed by atoms with Gasteiger partial charge in [-0.3, -0.25) is 14.5 Å². The molecule has 0 radical (unpaired) electrons. The molecule has 7 rings (SSSR count). The summed E-state index contributed by atoms with van der Waals surface area (Å²) in [4.78, 5) is 31.8. The number of esters is 1.